The summed E-state index contributed by atoms with van der Waals surface area (Å²) in [4.78, 5) is 21.1. The van der Waals surface area contributed by atoms with Crippen LogP contribution in [0.4, 0.5) is 4.79 Å². The number of nitrogens with zero attached hydrogens (tertiary/aromatic N) is 3. The number of amides is 2. The highest BCUT2D eigenvalue weighted by Gasteiger charge is 2.36. The maximum Gasteiger partial charge on any atom is 0.317 e. The van der Waals surface area contributed by atoms with Crippen LogP contribution in [0.15, 0.2) is 18.2 Å². The number of ether oxygens (including phenoxy) is 2. The first-order valence-corrected chi connectivity index (χ1v) is 8.52. The monoisotopic (exact) mass is 334 g/mol. The number of carbonyl (C=O) groups excluding carboxylic acids is 1. The molecule has 0 aromatic carbocycles. The molecule has 0 spiro atoms. The van der Waals surface area contributed by atoms with E-state index in [9.17, 15) is 4.79 Å². The van der Waals surface area contributed by atoms with Gasteiger partial charge in [-0.2, -0.15) is 0 Å². The standard InChI is InChI=1S/C17H26N4O3/c1-13-11-21(12-15(13)20-6-8-24-9-7-20)17(22)18-10-14-4-3-5-16(19-14)23-2/h3-5,13,15H,6-12H2,1-2H3,(H,18,22)/t13-,15-/m0/s1. The van der Waals surface area contributed by atoms with Crippen LogP contribution in [0.25, 0.3) is 0 Å². The Balaban J connectivity index is 1.51. The third-order valence-corrected chi connectivity index (χ3v) is 4.79. The SMILES string of the molecule is COc1cccc(CNC(=O)N2C[C@H](C)[C@@H](N3CCOCC3)C2)n1. The van der Waals surface area contributed by atoms with Crippen molar-refractivity contribution in [3.05, 3.63) is 23.9 Å². The van der Waals surface area contributed by atoms with Gasteiger partial charge in [-0.05, 0) is 12.0 Å². The number of nitrogens with one attached hydrogen (secondary N) is 1. The fourth-order valence-electron chi connectivity index (χ4n) is 3.45. The molecule has 0 radical (unpaired) electrons. The van der Waals surface area contributed by atoms with Crippen molar-refractivity contribution in [3.8, 4) is 5.88 Å². The van der Waals surface area contributed by atoms with Crippen molar-refractivity contribution in [1.82, 2.24) is 20.1 Å². The fourth-order valence-corrected chi connectivity index (χ4v) is 3.45. The van der Waals surface area contributed by atoms with Crippen molar-refractivity contribution in [2.75, 3.05) is 46.5 Å². The van der Waals surface area contributed by atoms with Gasteiger partial charge in [-0.15, -0.1) is 0 Å². The number of pyridine rings is 1. The number of urea groups is 1. The van der Waals surface area contributed by atoms with Gasteiger partial charge in [-0.1, -0.05) is 13.0 Å². The van der Waals surface area contributed by atoms with E-state index in [0.717, 1.165) is 45.1 Å². The summed E-state index contributed by atoms with van der Waals surface area (Å²) in [6.45, 7) is 7.68. The van der Waals surface area contributed by atoms with E-state index in [1.54, 1.807) is 13.2 Å². The molecule has 2 aliphatic rings. The molecule has 2 amide bonds. The largest absolute Gasteiger partial charge is 0.481 e. The molecule has 2 saturated heterocycles. The van der Waals surface area contributed by atoms with Crippen LogP contribution in [-0.4, -0.2) is 73.4 Å². The molecule has 7 nitrogen and oxygen atoms in total. The van der Waals surface area contributed by atoms with Crippen molar-refractivity contribution in [2.24, 2.45) is 5.92 Å². The Morgan fingerprint density at radius 3 is 2.92 bits per heavy atom. The van der Waals surface area contributed by atoms with Gasteiger partial charge in [-0.3, -0.25) is 4.90 Å². The first-order chi connectivity index (χ1) is 11.7. The Hall–Kier alpha value is -1.86. The van der Waals surface area contributed by atoms with E-state index >= 15 is 0 Å². The third kappa shape index (κ3) is 3.96. The summed E-state index contributed by atoms with van der Waals surface area (Å²) in [7, 11) is 1.59. The number of rotatable bonds is 4. The summed E-state index contributed by atoms with van der Waals surface area (Å²) >= 11 is 0. The molecule has 2 fully saturated rings. The van der Waals surface area contributed by atoms with Crippen molar-refractivity contribution in [2.45, 2.75) is 19.5 Å². The first kappa shape index (κ1) is 17.0. The molecule has 3 heterocycles. The molecule has 2 aliphatic heterocycles. The van der Waals surface area contributed by atoms with E-state index in [-0.39, 0.29) is 6.03 Å². The van der Waals surface area contributed by atoms with Gasteiger partial charge in [0.05, 0.1) is 32.6 Å². The van der Waals surface area contributed by atoms with Gasteiger partial charge in [0.1, 0.15) is 0 Å². The summed E-state index contributed by atoms with van der Waals surface area (Å²) < 4.78 is 10.5. The average Bonchev–Trinajstić information content (AvgIpc) is 3.02. The van der Waals surface area contributed by atoms with Gasteiger partial charge in [0, 0.05) is 38.3 Å². The van der Waals surface area contributed by atoms with E-state index in [2.05, 4.69) is 22.1 Å². The van der Waals surface area contributed by atoms with Crippen LogP contribution < -0.4 is 10.1 Å². The molecule has 0 bridgehead atoms. The lowest BCUT2D eigenvalue weighted by molar-refractivity contribution is 0.0123. The molecule has 1 aromatic heterocycles. The second-order valence-corrected chi connectivity index (χ2v) is 6.43. The number of methoxy groups -OCH3 is 1. The Kier molecular flexibility index (Phi) is 5.52. The minimum atomic E-state index is -0.0257. The molecule has 0 aliphatic carbocycles. The Bertz CT molecular complexity index is 563. The molecule has 24 heavy (non-hydrogen) atoms. The maximum absolute atomic E-state index is 12.5. The van der Waals surface area contributed by atoms with E-state index in [1.807, 2.05) is 17.0 Å². The van der Waals surface area contributed by atoms with Crippen LogP contribution >= 0.6 is 0 Å². The molecule has 1 N–H and O–H groups in total. The van der Waals surface area contributed by atoms with Crippen LogP contribution in [0.1, 0.15) is 12.6 Å². The predicted molar refractivity (Wildman–Crippen MR) is 89.9 cm³/mol. The van der Waals surface area contributed by atoms with Crippen LogP contribution in [-0.2, 0) is 11.3 Å². The van der Waals surface area contributed by atoms with Gasteiger partial charge in [0.25, 0.3) is 0 Å². The summed E-state index contributed by atoms with van der Waals surface area (Å²) in [5.74, 6) is 1.03. The number of hydrogen-bond donors (Lipinski definition) is 1. The first-order valence-electron chi connectivity index (χ1n) is 8.52. The Morgan fingerprint density at radius 1 is 1.38 bits per heavy atom. The zero-order valence-electron chi connectivity index (χ0n) is 14.4. The number of hydrogen-bond acceptors (Lipinski definition) is 5. The maximum atomic E-state index is 12.5. The second kappa shape index (κ2) is 7.81. The van der Waals surface area contributed by atoms with Gasteiger partial charge >= 0.3 is 6.03 Å². The van der Waals surface area contributed by atoms with E-state index in [1.165, 1.54) is 0 Å². The number of likely N-dealkylation sites (tertiary alicyclic amines) is 1. The van der Waals surface area contributed by atoms with Crippen LogP contribution in [0.2, 0.25) is 0 Å². The van der Waals surface area contributed by atoms with Crippen molar-refractivity contribution >= 4 is 6.03 Å². The molecule has 0 saturated carbocycles. The average molecular weight is 334 g/mol. The minimum absolute atomic E-state index is 0.0257. The topological polar surface area (TPSA) is 66.9 Å². The number of morpholine rings is 1. The lowest BCUT2D eigenvalue weighted by Gasteiger charge is -2.33. The number of aromatic nitrogens is 1. The van der Waals surface area contributed by atoms with Crippen molar-refractivity contribution in [3.63, 3.8) is 0 Å². The molecule has 2 atom stereocenters. The minimum Gasteiger partial charge on any atom is -0.481 e. The predicted octanol–water partition coefficient (Wildman–Crippen LogP) is 0.952. The quantitative estimate of drug-likeness (QED) is 0.888. The van der Waals surface area contributed by atoms with Crippen LogP contribution in [0.3, 0.4) is 0 Å². The highest BCUT2D eigenvalue weighted by Crippen LogP contribution is 2.22. The highest BCUT2D eigenvalue weighted by molar-refractivity contribution is 5.74. The summed E-state index contributed by atoms with van der Waals surface area (Å²) in [5, 5.41) is 2.96. The third-order valence-electron chi connectivity index (χ3n) is 4.79. The van der Waals surface area contributed by atoms with Crippen molar-refractivity contribution < 1.29 is 14.3 Å². The molecule has 1 aromatic rings. The van der Waals surface area contributed by atoms with Gasteiger partial charge < -0.3 is 19.7 Å². The van der Waals surface area contributed by atoms with Gasteiger partial charge in [0.15, 0.2) is 0 Å². The summed E-state index contributed by atoms with van der Waals surface area (Å²) in [5.41, 5.74) is 0.791. The molecule has 132 valence electrons. The highest BCUT2D eigenvalue weighted by atomic mass is 16.5. The molecule has 0 unspecified atom stereocenters. The smallest absolute Gasteiger partial charge is 0.317 e. The Labute approximate surface area is 142 Å². The van der Waals surface area contributed by atoms with Gasteiger partial charge in [0.2, 0.25) is 5.88 Å². The second-order valence-electron chi connectivity index (χ2n) is 6.43. The lowest BCUT2D eigenvalue weighted by atomic mass is 10.0. The van der Waals surface area contributed by atoms with E-state index in [4.69, 9.17) is 9.47 Å². The summed E-state index contributed by atoms with van der Waals surface area (Å²) in [6.07, 6.45) is 0. The van der Waals surface area contributed by atoms with Crippen LogP contribution in [0.5, 0.6) is 5.88 Å². The fraction of sp³-hybridized carbons (Fsp3) is 0.647. The van der Waals surface area contributed by atoms with E-state index < -0.39 is 0 Å². The Morgan fingerprint density at radius 2 is 2.17 bits per heavy atom. The molecule has 3 rings (SSSR count). The lowest BCUT2D eigenvalue weighted by Crippen LogP contribution is -2.47. The normalized spacial score (nSPS) is 24.8. The number of carbonyl (C=O) groups is 1. The van der Waals surface area contributed by atoms with Crippen molar-refractivity contribution in [1.29, 1.82) is 0 Å². The van der Waals surface area contributed by atoms with Crippen LogP contribution in [0, 0.1) is 5.92 Å². The zero-order chi connectivity index (χ0) is 16.9. The molecular weight excluding hydrogens is 308 g/mol. The zero-order valence-corrected chi connectivity index (χ0v) is 14.4. The van der Waals surface area contributed by atoms with E-state index in [0.29, 0.717) is 24.4 Å². The van der Waals surface area contributed by atoms with Gasteiger partial charge in [-0.25, -0.2) is 9.78 Å². The molecule has 7 heteroatoms. The molecular formula is C17H26N4O3. The summed E-state index contributed by atoms with van der Waals surface area (Å²) in [6, 6.07) is 5.95.